The van der Waals surface area contributed by atoms with Crippen LogP contribution in [0.5, 0.6) is 0 Å². The van der Waals surface area contributed by atoms with E-state index in [0.717, 1.165) is 5.69 Å². The number of nitrogens with zero attached hydrogens (tertiary/aromatic N) is 2. The van der Waals surface area contributed by atoms with E-state index in [1.165, 1.54) is 23.1 Å². The lowest BCUT2D eigenvalue weighted by molar-refractivity contribution is -0.113. The van der Waals surface area contributed by atoms with E-state index in [1.807, 2.05) is 48.7 Å². The fraction of sp³-hybridized carbons (Fsp3) is 0.188. The minimum Gasteiger partial charge on any atom is -0.325 e. The molecule has 5 nitrogen and oxygen atoms in total. The van der Waals surface area contributed by atoms with Crippen LogP contribution in [0.25, 0.3) is 10.2 Å². The largest absolute Gasteiger partial charge is 0.325 e. The van der Waals surface area contributed by atoms with Crippen molar-refractivity contribution in [3.63, 3.8) is 0 Å². The Morgan fingerprint density at radius 1 is 1.30 bits per heavy atom. The average Bonchev–Trinajstić information content (AvgIpc) is 3.03. The Kier molecular flexibility index (Phi) is 4.78. The van der Waals surface area contributed by atoms with E-state index in [1.54, 1.807) is 4.57 Å². The van der Waals surface area contributed by atoms with Crippen LogP contribution in [0.15, 0.2) is 51.7 Å². The van der Waals surface area contributed by atoms with Gasteiger partial charge < -0.3 is 5.32 Å². The summed E-state index contributed by atoms with van der Waals surface area (Å²) in [6.07, 6.45) is 0. The molecule has 0 aliphatic heterocycles. The molecule has 0 atom stereocenters. The van der Waals surface area contributed by atoms with Gasteiger partial charge in [-0.3, -0.25) is 14.2 Å². The maximum Gasteiger partial charge on any atom is 0.272 e. The van der Waals surface area contributed by atoms with Gasteiger partial charge in [0.25, 0.3) is 5.56 Å². The molecule has 23 heavy (non-hydrogen) atoms. The predicted molar refractivity (Wildman–Crippen MR) is 95.3 cm³/mol. The molecule has 1 N–H and O–H groups in total. The fourth-order valence-electron chi connectivity index (χ4n) is 2.16. The summed E-state index contributed by atoms with van der Waals surface area (Å²) in [7, 11) is 0. The third-order valence-corrected chi connectivity index (χ3v) is 5.10. The first-order valence-electron chi connectivity index (χ1n) is 7.14. The number of aromatic nitrogens is 2. The Morgan fingerprint density at radius 2 is 2.09 bits per heavy atom. The van der Waals surface area contributed by atoms with Crippen molar-refractivity contribution < 1.29 is 4.79 Å². The third-order valence-electron chi connectivity index (χ3n) is 3.24. The number of para-hydroxylation sites is 1. The molecule has 0 aliphatic carbocycles. The maximum atomic E-state index is 12.4. The van der Waals surface area contributed by atoms with Crippen LogP contribution in [-0.4, -0.2) is 21.2 Å². The van der Waals surface area contributed by atoms with Crippen LogP contribution < -0.4 is 10.9 Å². The van der Waals surface area contributed by atoms with Crippen molar-refractivity contribution >= 4 is 44.9 Å². The highest BCUT2D eigenvalue weighted by Gasteiger charge is 2.13. The summed E-state index contributed by atoms with van der Waals surface area (Å²) in [5.74, 6) is 0.0836. The number of amides is 1. The van der Waals surface area contributed by atoms with Gasteiger partial charge in [0.15, 0.2) is 5.16 Å². The molecular weight excluding hydrogens is 330 g/mol. The van der Waals surface area contributed by atoms with Gasteiger partial charge >= 0.3 is 0 Å². The first kappa shape index (κ1) is 15.8. The number of fused-ring (bicyclic) bond motifs is 1. The number of nitrogens with one attached hydrogen (secondary N) is 1. The summed E-state index contributed by atoms with van der Waals surface area (Å²) < 4.78 is 2.27. The Balaban J connectivity index is 1.76. The summed E-state index contributed by atoms with van der Waals surface area (Å²) in [6.45, 7) is 2.43. The highest BCUT2D eigenvalue weighted by Crippen LogP contribution is 2.21. The van der Waals surface area contributed by atoms with E-state index in [0.29, 0.717) is 21.9 Å². The number of thiophene rings is 1. The third kappa shape index (κ3) is 3.46. The van der Waals surface area contributed by atoms with Gasteiger partial charge in [-0.25, -0.2) is 4.98 Å². The van der Waals surface area contributed by atoms with Crippen molar-refractivity contribution in [3.05, 3.63) is 52.1 Å². The zero-order chi connectivity index (χ0) is 16.2. The van der Waals surface area contributed by atoms with E-state index < -0.39 is 0 Å². The van der Waals surface area contributed by atoms with E-state index in [4.69, 9.17) is 0 Å². The van der Waals surface area contributed by atoms with Gasteiger partial charge in [0.05, 0.1) is 11.3 Å². The zero-order valence-corrected chi connectivity index (χ0v) is 14.1. The van der Waals surface area contributed by atoms with Crippen LogP contribution in [0.1, 0.15) is 6.92 Å². The minimum absolute atomic E-state index is 0.0431. The molecule has 3 aromatic rings. The lowest BCUT2D eigenvalue weighted by Gasteiger charge is -2.10. The quantitative estimate of drug-likeness (QED) is 0.570. The molecule has 1 aromatic carbocycles. The second kappa shape index (κ2) is 6.97. The summed E-state index contributed by atoms with van der Waals surface area (Å²) >= 11 is 2.67. The van der Waals surface area contributed by atoms with Crippen LogP contribution in [0.3, 0.4) is 0 Å². The van der Waals surface area contributed by atoms with Crippen LogP contribution in [0, 0.1) is 0 Å². The highest BCUT2D eigenvalue weighted by molar-refractivity contribution is 7.99. The molecule has 2 aromatic heterocycles. The smallest absolute Gasteiger partial charge is 0.272 e. The lowest BCUT2D eigenvalue weighted by atomic mass is 10.3. The maximum absolute atomic E-state index is 12.4. The summed E-state index contributed by atoms with van der Waals surface area (Å²) in [5, 5.41) is 5.26. The molecular formula is C16H15N3O2S2. The molecule has 0 aliphatic rings. The van der Waals surface area contributed by atoms with Crippen molar-refractivity contribution in [1.82, 2.24) is 9.55 Å². The van der Waals surface area contributed by atoms with Crippen molar-refractivity contribution in [2.75, 3.05) is 11.1 Å². The molecule has 0 saturated heterocycles. The molecule has 3 rings (SSSR count). The molecule has 118 valence electrons. The highest BCUT2D eigenvalue weighted by atomic mass is 32.2. The molecule has 0 radical (unpaired) electrons. The molecule has 0 spiro atoms. The van der Waals surface area contributed by atoms with Crippen LogP contribution in [0.2, 0.25) is 0 Å². The van der Waals surface area contributed by atoms with Crippen LogP contribution in [-0.2, 0) is 11.3 Å². The van der Waals surface area contributed by atoms with Crippen molar-refractivity contribution in [2.24, 2.45) is 0 Å². The van der Waals surface area contributed by atoms with Gasteiger partial charge in [-0.05, 0) is 30.5 Å². The second-order valence-corrected chi connectivity index (χ2v) is 6.64. The van der Waals surface area contributed by atoms with Crippen molar-refractivity contribution in [1.29, 1.82) is 0 Å². The number of hydrogen-bond donors (Lipinski definition) is 1. The standard InChI is InChI=1S/C16H15N3O2S2/c1-2-19-15(21)14-12(8-9-22-14)18-16(19)23-10-13(20)17-11-6-4-3-5-7-11/h3-9H,2,10H2,1H3,(H,17,20). The van der Waals surface area contributed by atoms with Gasteiger partial charge in [0, 0.05) is 12.2 Å². The molecule has 0 saturated carbocycles. The van der Waals surface area contributed by atoms with Crippen LogP contribution in [0.4, 0.5) is 5.69 Å². The number of benzene rings is 1. The summed E-state index contributed by atoms with van der Waals surface area (Å²) in [5.41, 5.74) is 1.40. The normalized spacial score (nSPS) is 10.8. The van der Waals surface area contributed by atoms with E-state index in [2.05, 4.69) is 10.3 Å². The monoisotopic (exact) mass is 345 g/mol. The number of carbonyl (C=O) groups is 1. The Bertz CT molecular complexity index is 887. The van der Waals surface area contributed by atoms with Crippen LogP contribution >= 0.6 is 23.1 Å². The summed E-state index contributed by atoms with van der Waals surface area (Å²) in [4.78, 5) is 28.9. The lowest BCUT2D eigenvalue weighted by Crippen LogP contribution is -2.22. The minimum atomic E-state index is -0.122. The number of hydrogen-bond acceptors (Lipinski definition) is 5. The van der Waals surface area contributed by atoms with Gasteiger partial charge in [-0.1, -0.05) is 30.0 Å². The molecule has 7 heteroatoms. The van der Waals surface area contributed by atoms with Gasteiger partial charge in [0.1, 0.15) is 4.70 Å². The Hall–Kier alpha value is -2.12. The molecule has 0 fully saturated rings. The fourth-order valence-corrected chi connectivity index (χ4v) is 3.80. The molecule has 0 unspecified atom stereocenters. The molecule has 0 bridgehead atoms. The number of rotatable bonds is 5. The predicted octanol–water partition coefficient (Wildman–Crippen LogP) is 3.21. The molecule has 2 heterocycles. The van der Waals surface area contributed by atoms with Gasteiger partial charge in [-0.2, -0.15) is 0 Å². The average molecular weight is 345 g/mol. The molecule has 1 amide bonds. The number of thioether (sulfide) groups is 1. The van der Waals surface area contributed by atoms with E-state index in [9.17, 15) is 9.59 Å². The number of carbonyl (C=O) groups excluding carboxylic acids is 1. The van der Waals surface area contributed by atoms with Crippen molar-refractivity contribution in [3.8, 4) is 0 Å². The Labute approximate surface area is 141 Å². The van der Waals surface area contributed by atoms with Crippen molar-refractivity contribution in [2.45, 2.75) is 18.6 Å². The topological polar surface area (TPSA) is 64.0 Å². The number of anilines is 1. The first-order valence-corrected chi connectivity index (χ1v) is 9.01. The SMILES string of the molecule is CCn1c(SCC(=O)Nc2ccccc2)nc2ccsc2c1=O. The van der Waals surface area contributed by atoms with Gasteiger partial charge in [0.2, 0.25) is 5.91 Å². The second-order valence-electron chi connectivity index (χ2n) is 4.78. The van der Waals surface area contributed by atoms with Gasteiger partial charge in [-0.15, -0.1) is 11.3 Å². The zero-order valence-electron chi connectivity index (χ0n) is 12.5. The van der Waals surface area contributed by atoms with E-state index in [-0.39, 0.29) is 17.2 Å². The van der Waals surface area contributed by atoms with E-state index >= 15 is 0 Å². The Morgan fingerprint density at radius 3 is 2.83 bits per heavy atom. The first-order chi connectivity index (χ1) is 11.2. The summed E-state index contributed by atoms with van der Waals surface area (Å²) in [6, 6.07) is 11.1.